The molecular formula is C30H39FN2O2. The zero-order valence-electron chi connectivity index (χ0n) is 21.3. The Morgan fingerprint density at radius 2 is 1.83 bits per heavy atom. The van der Waals surface area contributed by atoms with Crippen LogP contribution in [-0.2, 0) is 4.79 Å². The van der Waals surface area contributed by atoms with Crippen LogP contribution in [0.15, 0.2) is 41.0 Å². The van der Waals surface area contributed by atoms with Crippen molar-refractivity contribution >= 4 is 11.6 Å². The summed E-state index contributed by atoms with van der Waals surface area (Å²) < 4.78 is 13.5. The lowest BCUT2D eigenvalue weighted by Crippen LogP contribution is -2.51. The Bertz CT molecular complexity index is 1080. The largest absolute Gasteiger partial charge is 0.393 e. The first-order chi connectivity index (χ1) is 16.7. The van der Waals surface area contributed by atoms with Gasteiger partial charge in [-0.15, -0.1) is 0 Å². The van der Waals surface area contributed by atoms with Gasteiger partial charge in [-0.1, -0.05) is 37.6 Å². The number of allylic oxidation sites excluding steroid dienone is 1. The van der Waals surface area contributed by atoms with Gasteiger partial charge >= 0.3 is 0 Å². The Labute approximate surface area is 208 Å². The molecule has 1 aliphatic heterocycles. The minimum Gasteiger partial charge on any atom is -0.393 e. The molecular weight excluding hydrogens is 439 g/mol. The third kappa shape index (κ3) is 3.55. The van der Waals surface area contributed by atoms with E-state index >= 15 is 0 Å². The van der Waals surface area contributed by atoms with E-state index in [4.69, 9.17) is 5.10 Å². The Hall–Kier alpha value is -2.01. The number of carbonyl (C=O) groups excluding carboxylic acids is 1. The fourth-order valence-corrected chi connectivity index (χ4v) is 9.17. The van der Waals surface area contributed by atoms with Crippen molar-refractivity contribution in [2.24, 2.45) is 39.6 Å². The maximum atomic E-state index is 13.5. The van der Waals surface area contributed by atoms with E-state index in [0.29, 0.717) is 17.8 Å². The number of amides is 1. The first kappa shape index (κ1) is 23.4. The van der Waals surface area contributed by atoms with Crippen molar-refractivity contribution in [3.8, 4) is 0 Å². The van der Waals surface area contributed by atoms with Crippen LogP contribution in [0.5, 0.6) is 0 Å². The van der Waals surface area contributed by atoms with Crippen molar-refractivity contribution in [1.82, 2.24) is 5.01 Å². The molecule has 1 heterocycles. The zero-order chi connectivity index (χ0) is 24.5. The number of benzene rings is 1. The number of hydrogen-bond acceptors (Lipinski definition) is 3. The van der Waals surface area contributed by atoms with Crippen LogP contribution in [0.2, 0.25) is 0 Å². The molecule has 3 saturated carbocycles. The summed E-state index contributed by atoms with van der Waals surface area (Å²) in [5.41, 5.74) is 4.13. The Balaban J connectivity index is 1.27. The molecule has 0 bridgehead atoms. The molecule has 5 heteroatoms. The number of halogens is 1. The van der Waals surface area contributed by atoms with Crippen LogP contribution in [0.1, 0.15) is 90.2 Å². The van der Waals surface area contributed by atoms with E-state index in [-0.39, 0.29) is 34.7 Å². The fraction of sp³-hybridized carbons (Fsp3) is 0.667. The molecule has 1 N–H and O–H groups in total. The molecule has 8 atom stereocenters. The van der Waals surface area contributed by atoms with Crippen LogP contribution < -0.4 is 0 Å². The summed E-state index contributed by atoms with van der Waals surface area (Å²) in [5.74, 6) is 2.23. The van der Waals surface area contributed by atoms with Crippen molar-refractivity contribution in [2.45, 2.75) is 90.7 Å². The van der Waals surface area contributed by atoms with E-state index in [9.17, 15) is 14.3 Å². The molecule has 0 spiro atoms. The fourth-order valence-electron chi connectivity index (χ4n) is 9.17. The second-order valence-corrected chi connectivity index (χ2v) is 12.6. The lowest BCUT2D eigenvalue weighted by molar-refractivity contribution is -0.130. The normalized spacial score (nSPS) is 42.6. The number of rotatable bonds is 2. The number of fused-ring (bicyclic) bond motifs is 5. The number of nitrogens with zero attached hydrogens (tertiary/aromatic N) is 2. The molecule has 1 aromatic rings. The smallest absolute Gasteiger partial charge is 0.240 e. The molecule has 4 nitrogen and oxygen atoms in total. The van der Waals surface area contributed by atoms with Crippen molar-refractivity contribution in [3.05, 3.63) is 47.3 Å². The highest BCUT2D eigenvalue weighted by Crippen LogP contribution is 2.66. The Kier molecular flexibility index (Phi) is 5.52. The summed E-state index contributed by atoms with van der Waals surface area (Å²) in [6.07, 6.45) is 12.0. The van der Waals surface area contributed by atoms with E-state index in [1.807, 2.05) is 0 Å². The molecule has 188 valence electrons. The molecule has 0 saturated heterocycles. The van der Waals surface area contributed by atoms with Crippen molar-refractivity contribution < 1.29 is 14.3 Å². The van der Waals surface area contributed by atoms with Crippen molar-refractivity contribution in [2.75, 3.05) is 0 Å². The third-order valence-corrected chi connectivity index (χ3v) is 11.0. The van der Waals surface area contributed by atoms with Gasteiger partial charge in [0.1, 0.15) is 5.82 Å². The maximum Gasteiger partial charge on any atom is 0.240 e. The lowest BCUT2D eigenvalue weighted by Gasteiger charge is -2.58. The molecule has 35 heavy (non-hydrogen) atoms. The average molecular weight is 479 g/mol. The molecule has 0 radical (unpaired) electrons. The standard InChI is InChI=1S/C30H39FN2O2/c1-18(34)33-28(19-4-7-21(31)8-5-19)17-27(32-33)26-11-10-24-23-9-6-20-16-22(35)12-14-29(20,2)25(23)13-15-30(24,26)3/h4-8,22-26,28,35H,9-17H2,1-3H3/t22?,23?,24?,25?,26?,28?,29-,30-/m0/s1. The highest BCUT2D eigenvalue weighted by atomic mass is 19.1. The number of aliphatic hydroxyl groups is 1. The van der Waals surface area contributed by atoms with Gasteiger partial charge in [-0.2, -0.15) is 5.10 Å². The van der Waals surface area contributed by atoms with Crippen LogP contribution in [-0.4, -0.2) is 27.8 Å². The van der Waals surface area contributed by atoms with E-state index < -0.39 is 0 Å². The summed E-state index contributed by atoms with van der Waals surface area (Å²) in [6.45, 7) is 6.57. The Morgan fingerprint density at radius 1 is 1.06 bits per heavy atom. The Morgan fingerprint density at radius 3 is 2.57 bits per heavy atom. The van der Waals surface area contributed by atoms with E-state index in [2.05, 4.69) is 19.9 Å². The lowest BCUT2D eigenvalue weighted by atomic mass is 9.47. The summed E-state index contributed by atoms with van der Waals surface area (Å²) in [4.78, 5) is 12.5. The van der Waals surface area contributed by atoms with Crippen LogP contribution in [0.4, 0.5) is 4.39 Å². The minimum atomic E-state index is -0.254. The topological polar surface area (TPSA) is 52.9 Å². The van der Waals surface area contributed by atoms with Crippen LogP contribution in [0.25, 0.3) is 0 Å². The van der Waals surface area contributed by atoms with Crippen LogP contribution in [0.3, 0.4) is 0 Å². The van der Waals surface area contributed by atoms with Gasteiger partial charge in [-0.05, 0) is 97.6 Å². The molecule has 5 aliphatic rings. The molecule has 6 rings (SSSR count). The van der Waals surface area contributed by atoms with E-state index in [0.717, 1.165) is 50.0 Å². The van der Waals surface area contributed by atoms with Gasteiger partial charge in [0.25, 0.3) is 0 Å². The second-order valence-electron chi connectivity index (χ2n) is 12.6. The predicted molar refractivity (Wildman–Crippen MR) is 135 cm³/mol. The summed E-state index contributed by atoms with van der Waals surface area (Å²) in [5, 5.41) is 16.9. The van der Waals surface area contributed by atoms with Gasteiger partial charge in [0.15, 0.2) is 0 Å². The first-order valence-corrected chi connectivity index (χ1v) is 13.7. The summed E-state index contributed by atoms with van der Waals surface area (Å²) in [6, 6.07) is 6.43. The van der Waals surface area contributed by atoms with E-state index in [1.165, 1.54) is 42.7 Å². The molecule has 6 unspecified atom stereocenters. The average Bonchev–Trinajstić information content (AvgIpc) is 3.41. The van der Waals surface area contributed by atoms with Crippen molar-refractivity contribution in [3.63, 3.8) is 0 Å². The monoisotopic (exact) mass is 478 g/mol. The van der Waals surface area contributed by atoms with Crippen LogP contribution in [0, 0.1) is 40.3 Å². The van der Waals surface area contributed by atoms with E-state index in [1.54, 1.807) is 24.1 Å². The van der Waals surface area contributed by atoms with Crippen LogP contribution >= 0.6 is 0 Å². The van der Waals surface area contributed by atoms with Gasteiger partial charge in [0.2, 0.25) is 5.91 Å². The van der Waals surface area contributed by atoms with Gasteiger partial charge < -0.3 is 5.11 Å². The molecule has 1 amide bonds. The number of hydrogen-bond donors (Lipinski definition) is 1. The number of carbonyl (C=O) groups is 1. The SMILES string of the molecule is CC(=O)N1N=C(C2CCC3C4CC=C5CC(O)CC[C@]5(C)C4CC[C@]23C)CC1c1ccc(F)cc1. The highest BCUT2D eigenvalue weighted by molar-refractivity contribution is 5.92. The summed E-state index contributed by atoms with van der Waals surface area (Å²) >= 11 is 0. The van der Waals surface area contributed by atoms with Gasteiger partial charge in [-0.25, -0.2) is 9.40 Å². The number of hydrazone groups is 1. The molecule has 1 aromatic carbocycles. The quantitative estimate of drug-likeness (QED) is 0.499. The minimum absolute atomic E-state index is 0.0462. The second kappa shape index (κ2) is 8.26. The van der Waals surface area contributed by atoms with Gasteiger partial charge in [0, 0.05) is 25.0 Å². The third-order valence-electron chi connectivity index (χ3n) is 11.0. The summed E-state index contributed by atoms with van der Waals surface area (Å²) in [7, 11) is 0. The van der Waals surface area contributed by atoms with Crippen molar-refractivity contribution in [1.29, 1.82) is 0 Å². The first-order valence-electron chi connectivity index (χ1n) is 13.7. The predicted octanol–water partition coefficient (Wildman–Crippen LogP) is 6.41. The molecule has 4 aliphatic carbocycles. The van der Waals surface area contributed by atoms with Gasteiger partial charge in [0.05, 0.1) is 12.1 Å². The molecule has 3 fully saturated rings. The highest BCUT2D eigenvalue weighted by Gasteiger charge is 2.59. The van der Waals surface area contributed by atoms with Gasteiger partial charge in [-0.3, -0.25) is 4.79 Å². The molecule has 0 aromatic heterocycles. The zero-order valence-corrected chi connectivity index (χ0v) is 21.3. The maximum absolute atomic E-state index is 13.5. The number of aliphatic hydroxyl groups excluding tert-OH is 1.